The van der Waals surface area contributed by atoms with Gasteiger partial charge in [-0.05, 0) is 18.7 Å². The zero-order valence-electron chi connectivity index (χ0n) is 8.85. The van der Waals surface area contributed by atoms with Gasteiger partial charge in [0.05, 0.1) is 6.61 Å². The van der Waals surface area contributed by atoms with Crippen LogP contribution in [0.1, 0.15) is 34.6 Å². The maximum atomic E-state index is 5.52. The predicted octanol–water partition coefficient (Wildman–Crippen LogP) is 3.73. The largest absolute Gasteiger partial charge is 0.359 e. The van der Waals surface area contributed by atoms with Gasteiger partial charge in [-0.3, -0.25) is 0 Å². The Bertz CT molecular complexity index is 64.6. The Morgan fingerprint density at radius 3 is 2.00 bits per heavy atom. The second kappa shape index (κ2) is 10.4. The Hall–Kier alpha value is 0.390. The average Bonchev–Trinajstić information content (AvgIpc) is 2.04. The predicted molar refractivity (Wildman–Crippen MR) is 55.5 cm³/mol. The summed E-state index contributed by atoms with van der Waals surface area (Å²) in [6.45, 7) is 13.6. The van der Waals surface area contributed by atoms with Gasteiger partial charge in [0, 0.05) is 8.15 Å². The molecule has 0 aliphatic heterocycles. The van der Waals surface area contributed by atoms with Crippen molar-refractivity contribution < 1.29 is 4.52 Å². The summed E-state index contributed by atoms with van der Waals surface area (Å²) in [6.07, 6.45) is 1.18. The van der Waals surface area contributed by atoms with Crippen molar-refractivity contribution in [2.75, 3.05) is 19.4 Å². The third-order valence-electron chi connectivity index (χ3n) is 1.07. The molecule has 11 heavy (non-hydrogen) atoms. The van der Waals surface area contributed by atoms with Crippen molar-refractivity contribution in [2.24, 2.45) is 5.92 Å². The fourth-order valence-corrected chi connectivity index (χ4v) is 1.10. The van der Waals surface area contributed by atoms with Gasteiger partial charge in [0.2, 0.25) is 0 Å². The van der Waals surface area contributed by atoms with Crippen LogP contribution in [0.25, 0.3) is 0 Å². The summed E-state index contributed by atoms with van der Waals surface area (Å²) in [5, 5.41) is 0. The Kier molecular flexibility index (Phi) is 13.2. The van der Waals surface area contributed by atoms with Gasteiger partial charge in [-0.2, -0.15) is 0 Å². The Morgan fingerprint density at radius 2 is 1.73 bits per heavy atom. The minimum absolute atomic E-state index is 0.111. The van der Waals surface area contributed by atoms with Crippen LogP contribution in [-0.2, 0) is 4.52 Å². The topological polar surface area (TPSA) is 9.23 Å². The zero-order chi connectivity index (χ0) is 9.28. The van der Waals surface area contributed by atoms with Gasteiger partial charge in [0.15, 0.2) is 0 Å². The van der Waals surface area contributed by atoms with E-state index in [0.717, 1.165) is 6.61 Å². The molecule has 0 N–H and O–H groups in total. The van der Waals surface area contributed by atoms with E-state index < -0.39 is 0 Å². The molecule has 0 fully saturated rings. The van der Waals surface area contributed by atoms with E-state index in [0.29, 0.717) is 5.92 Å². The summed E-state index contributed by atoms with van der Waals surface area (Å²) in [6, 6.07) is 0. The molecule has 0 aliphatic carbocycles. The van der Waals surface area contributed by atoms with E-state index in [1.54, 1.807) is 0 Å². The molecule has 0 aromatic carbocycles. The lowest BCUT2D eigenvalue weighted by Crippen LogP contribution is -1.98. The maximum absolute atomic E-state index is 5.52. The van der Waals surface area contributed by atoms with Crippen molar-refractivity contribution in [3.63, 3.8) is 0 Å². The first-order valence-corrected chi connectivity index (χ1v) is 6.40. The average molecular weight is 178 g/mol. The Labute approximate surface area is 73.4 Å². The first-order chi connectivity index (χ1) is 5.16. The smallest absolute Gasteiger partial charge is 0.0531 e. The van der Waals surface area contributed by atoms with Gasteiger partial charge in [-0.15, -0.1) is 0 Å². The van der Waals surface area contributed by atoms with Crippen molar-refractivity contribution in [1.82, 2.24) is 0 Å². The quantitative estimate of drug-likeness (QED) is 0.596. The van der Waals surface area contributed by atoms with Gasteiger partial charge in [-0.1, -0.05) is 34.6 Å². The standard InChI is InChI=1S/C7H17OP.C2H6/c1-5-9(4)8-6-7(2)3;1-2/h7H,5-6H2,1-4H3;1-2H3. The van der Waals surface area contributed by atoms with E-state index in [2.05, 4.69) is 27.4 Å². The van der Waals surface area contributed by atoms with Crippen LogP contribution >= 0.6 is 8.15 Å². The van der Waals surface area contributed by atoms with Gasteiger partial charge < -0.3 is 4.52 Å². The van der Waals surface area contributed by atoms with Crippen LogP contribution in [0.15, 0.2) is 0 Å². The number of rotatable bonds is 4. The first-order valence-electron chi connectivity index (χ1n) is 4.50. The molecule has 0 heterocycles. The van der Waals surface area contributed by atoms with Crippen molar-refractivity contribution in [3.05, 3.63) is 0 Å². The molecule has 2 heteroatoms. The molecule has 70 valence electrons. The lowest BCUT2D eigenvalue weighted by atomic mass is 10.2. The number of hydrogen-bond donors (Lipinski definition) is 0. The van der Waals surface area contributed by atoms with E-state index in [1.165, 1.54) is 6.16 Å². The molecule has 0 aromatic heterocycles. The zero-order valence-corrected chi connectivity index (χ0v) is 9.74. The highest BCUT2D eigenvalue weighted by Crippen LogP contribution is 2.31. The molecule has 0 saturated heterocycles. The van der Waals surface area contributed by atoms with Crippen LogP contribution in [-0.4, -0.2) is 19.4 Å². The summed E-state index contributed by atoms with van der Waals surface area (Å²) < 4.78 is 5.52. The van der Waals surface area contributed by atoms with Crippen LogP contribution in [0.2, 0.25) is 0 Å². The van der Waals surface area contributed by atoms with Gasteiger partial charge >= 0.3 is 0 Å². The first kappa shape index (κ1) is 13.9. The SMILES string of the molecule is CC.CCP(C)OCC(C)C. The molecule has 0 saturated carbocycles. The minimum atomic E-state index is -0.111. The normalized spacial score (nSPS) is 12.3. The molecule has 0 rings (SSSR count). The van der Waals surface area contributed by atoms with Crippen LogP contribution in [0.5, 0.6) is 0 Å². The molecule has 0 spiro atoms. The molecule has 0 amide bonds. The van der Waals surface area contributed by atoms with Crippen LogP contribution in [0, 0.1) is 5.92 Å². The molecule has 0 radical (unpaired) electrons. The molecule has 0 bridgehead atoms. The molecule has 0 aromatic rings. The summed E-state index contributed by atoms with van der Waals surface area (Å²) in [7, 11) is -0.111. The van der Waals surface area contributed by atoms with Gasteiger partial charge in [0.1, 0.15) is 0 Å². The van der Waals surface area contributed by atoms with Crippen LogP contribution < -0.4 is 0 Å². The summed E-state index contributed by atoms with van der Waals surface area (Å²) in [5.74, 6) is 0.682. The summed E-state index contributed by atoms with van der Waals surface area (Å²) in [4.78, 5) is 0. The van der Waals surface area contributed by atoms with Crippen LogP contribution in [0.3, 0.4) is 0 Å². The van der Waals surface area contributed by atoms with Gasteiger partial charge in [0.25, 0.3) is 0 Å². The van der Waals surface area contributed by atoms with E-state index in [4.69, 9.17) is 4.52 Å². The highest BCUT2D eigenvalue weighted by Gasteiger charge is 1.98. The molecule has 0 aliphatic rings. The highest BCUT2D eigenvalue weighted by molar-refractivity contribution is 7.51. The summed E-state index contributed by atoms with van der Waals surface area (Å²) in [5.41, 5.74) is 0. The van der Waals surface area contributed by atoms with Crippen molar-refractivity contribution >= 4 is 8.15 Å². The van der Waals surface area contributed by atoms with Gasteiger partial charge in [-0.25, -0.2) is 0 Å². The van der Waals surface area contributed by atoms with Crippen molar-refractivity contribution in [2.45, 2.75) is 34.6 Å². The fraction of sp³-hybridized carbons (Fsp3) is 1.00. The van der Waals surface area contributed by atoms with E-state index in [1.807, 2.05) is 13.8 Å². The second-order valence-corrected chi connectivity index (χ2v) is 4.78. The fourth-order valence-electron chi connectivity index (χ4n) is 0.368. The maximum Gasteiger partial charge on any atom is 0.0531 e. The third kappa shape index (κ3) is 13.4. The monoisotopic (exact) mass is 178 g/mol. The van der Waals surface area contributed by atoms with Crippen molar-refractivity contribution in [1.29, 1.82) is 0 Å². The molecule has 1 unspecified atom stereocenters. The van der Waals surface area contributed by atoms with E-state index >= 15 is 0 Å². The molecule has 1 atom stereocenters. The van der Waals surface area contributed by atoms with E-state index in [-0.39, 0.29) is 8.15 Å². The highest BCUT2D eigenvalue weighted by atomic mass is 31.1. The summed E-state index contributed by atoms with van der Waals surface area (Å²) >= 11 is 0. The Balaban J connectivity index is 0. The Morgan fingerprint density at radius 1 is 1.27 bits per heavy atom. The molecular formula is C9H23OP. The van der Waals surface area contributed by atoms with Crippen molar-refractivity contribution in [3.8, 4) is 0 Å². The lowest BCUT2D eigenvalue weighted by Gasteiger charge is -2.11. The molecular weight excluding hydrogens is 155 g/mol. The lowest BCUT2D eigenvalue weighted by molar-refractivity contribution is 0.300. The van der Waals surface area contributed by atoms with E-state index in [9.17, 15) is 0 Å². The minimum Gasteiger partial charge on any atom is -0.359 e. The molecule has 1 nitrogen and oxygen atoms in total. The second-order valence-electron chi connectivity index (χ2n) is 2.63. The number of hydrogen-bond acceptors (Lipinski definition) is 1. The van der Waals surface area contributed by atoms with Crippen LogP contribution in [0.4, 0.5) is 0 Å². The third-order valence-corrected chi connectivity index (χ3v) is 2.55.